The van der Waals surface area contributed by atoms with Gasteiger partial charge in [0.05, 0.1) is 42.8 Å². The molecule has 1 aromatic heterocycles. The van der Waals surface area contributed by atoms with Gasteiger partial charge in [-0.25, -0.2) is 9.79 Å². The largest absolute Gasteiger partial charge is 0.494 e. The number of H-pyrrole nitrogens is 1. The number of aromatic hydroxyl groups is 1. The SMILES string of the molecule is COC(=O)c1ccc2c(C(=Nc3ccc4c(c3)CCN4C(=O)CCN3CCOCC3)c3ccccc3)c(O)[nH]c2c1. The van der Waals surface area contributed by atoms with Crippen LogP contribution in [0.3, 0.4) is 0 Å². The molecule has 9 nitrogen and oxygen atoms in total. The Bertz CT molecular complexity index is 1620. The van der Waals surface area contributed by atoms with Gasteiger partial charge in [0.1, 0.15) is 0 Å². The van der Waals surface area contributed by atoms with E-state index in [1.165, 1.54) is 7.11 Å². The Morgan fingerprint density at radius 3 is 2.59 bits per heavy atom. The van der Waals surface area contributed by atoms with Crippen LogP contribution in [0, 0.1) is 0 Å². The average molecular weight is 553 g/mol. The van der Waals surface area contributed by atoms with Crippen molar-refractivity contribution in [3.63, 3.8) is 0 Å². The van der Waals surface area contributed by atoms with Crippen molar-refractivity contribution in [2.75, 3.05) is 51.4 Å². The number of ether oxygens (including phenoxy) is 2. The third-order valence-electron chi connectivity index (χ3n) is 7.73. The summed E-state index contributed by atoms with van der Waals surface area (Å²) in [6, 6.07) is 20.7. The normalized spacial score (nSPS) is 15.7. The van der Waals surface area contributed by atoms with Crippen LogP contribution in [0.1, 0.15) is 33.5 Å². The zero-order valence-corrected chi connectivity index (χ0v) is 22.9. The fourth-order valence-electron chi connectivity index (χ4n) is 5.59. The van der Waals surface area contributed by atoms with E-state index in [1.54, 1.807) is 18.2 Å². The third-order valence-corrected chi connectivity index (χ3v) is 7.73. The van der Waals surface area contributed by atoms with E-state index < -0.39 is 5.97 Å². The molecule has 0 radical (unpaired) electrons. The number of nitrogens with one attached hydrogen (secondary N) is 1. The Hall–Kier alpha value is -4.47. The number of hydrogen-bond donors (Lipinski definition) is 2. The lowest BCUT2D eigenvalue weighted by Crippen LogP contribution is -2.39. The minimum absolute atomic E-state index is 0.0391. The number of esters is 1. The highest BCUT2D eigenvalue weighted by Gasteiger charge is 2.26. The highest BCUT2D eigenvalue weighted by molar-refractivity contribution is 6.22. The Labute approximate surface area is 238 Å². The number of aliphatic imine (C=N–C) groups is 1. The summed E-state index contributed by atoms with van der Waals surface area (Å²) in [5.41, 5.74) is 5.69. The zero-order chi connectivity index (χ0) is 28.3. The van der Waals surface area contributed by atoms with E-state index in [4.69, 9.17) is 14.5 Å². The molecule has 1 fully saturated rings. The molecule has 2 aliphatic rings. The Morgan fingerprint density at radius 1 is 1.00 bits per heavy atom. The van der Waals surface area contributed by atoms with Gasteiger partial charge in [0.15, 0.2) is 5.88 Å². The maximum atomic E-state index is 13.1. The van der Waals surface area contributed by atoms with Crippen LogP contribution < -0.4 is 4.90 Å². The van der Waals surface area contributed by atoms with Gasteiger partial charge in [-0.2, -0.15) is 0 Å². The number of aromatic amines is 1. The molecule has 3 heterocycles. The van der Waals surface area contributed by atoms with Crippen molar-refractivity contribution < 1.29 is 24.2 Å². The van der Waals surface area contributed by atoms with Crippen LogP contribution in [0.25, 0.3) is 10.9 Å². The number of hydrogen-bond acceptors (Lipinski definition) is 7. The maximum Gasteiger partial charge on any atom is 0.337 e. The number of carbonyl (C=O) groups excluding carboxylic acids is 2. The molecule has 1 saturated heterocycles. The van der Waals surface area contributed by atoms with Crippen LogP contribution in [-0.2, 0) is 20.7 Å². The van der Waals surface area contributed by atoms with Gasteiger partial charge >= 0.3 is 5.97 Å². The summed E-state index contributed by atoms with van der Waals surface area (Å²) in [6.07, 6.45) is 1.24. The molecule has 9 heteroatoms. The molecule has 1 amide bonds. The number of amides is 1. The summed E-state index contributed by atoms with van der Waals surface area (Å²) < 4.78 is 10.3. The lowest BCUT2D eigenvalue weighted by Gasteiger charge is -2.27. The van der Waals surface area contributed by atoms with Crippen molar-refractivity contribution in [2.45, 2.75) is 12.8 Å². The van der Waals surface area contributed by atoms with Gasteiger partial charge in [0, 0.05) is 54.8 Å². The molecule has 2 N–H and O–H groups in total. The molecule has 0 atom stereocenters. The van der Waals surface area contributed by atoms with Gasteiger partial charge in [-0.15, -0.1) is 0 Å². The molecule has 0 spiro atoms. The van der Waals surface area contributed by atoms with E-state index in [1.807, 2.05) is 53.4 Å². The van der Waals surface area contributed by atoms with E-state index in [2.05, 4.69) is 9.88 Å². The second-order valence-electron chi connectivity index (χ2n) is 10.2. The predicted molar refractivity (Wildman–Crippen MR) is 157 cm³/mol. The fourth-order valence-corrected chi connectivity index (χ4v) is 5.59. The van der Waals surface area contributed by atoms with Crippen molar-refractivity contribution in [2.24, 2.45) is 4.99 Å². The van der Waals surface area contributed by atoms with Crippen LogP contribution in [0.2, 0.25) is 0 Å². The first kappa shape index (κ1) is 26.7. The van der Waals surface area contributed by atoms with Crippen LogP contribution in [-0.4, -0.2) is 79.1 Å². The molecular formula is C32H32N4O5. The smallest absolute Gasteiger partial charge is 0.337 e. The van der Waals surface area contributed by atoms with Crippen LogP contribution in [0.4, 0.5) is 11.4 Å². The first-order valence-electron chi connectivity index (χ1n) is 13.8. The van der Waals surface area contributed by atoms with Gasteiger partial charge in [0.2, 0.25) is 5.91 Å². The molecule has 6 rings (SSSR count). The summed E-state index contributed by atoms with van der Waals surface area (Å²) in [5.74, 6) is -0.361. The predicted octanol–water partition coefficient (Wildman–Crippen LogP) is 4.44. The van der Waals surface area contributed by atoms with E-state index in [0.29, 0.717) is 35.3 Å². The number of morpholine rings is 1. The number of fused-ring (bicyclic) bond motifs is 2. The Morgan fingerprint density at radius 2 is 1.80 bits per heavy atom. The van der Waals surface area contributed by atoms with Gasteiger partial charge < -0.3 is 24.5 Å². The minimum atomic E-state index is -0.453. The monoisotopic (exact) mass is 552 g/mol. The average Bonchev–Trinajstić information content (AvgIpc) is 3.58. The molecule has 210 valence electrons. The van der Waals surface area contributed by atoms with Gasteiger partial charge in [-0.05, 0) is 42.3 Å². The molecule has 3 aromatic carbocycles. The summed E-state index contributed by atoms with van der Waals surface area (Å²) in [7, 11) is 1.33. The minimum Gasteiger partial charge on any atom is -0.494 e. The van der Waals surface area contributed by atoms with E-state index in [-0.39, 0.29) is 11.8 Å². The van der Waals surface area contributed by atoms with Crippen molar-refractivity contribution in [1.29, 1.82) is 0 Å². The highest BCUT2D eigenvalue weighted by Crippen LogP contribution is 2.35. The molecule has 4 aromatic rings. The molecule has 0 bridgehead atoms. The zero-order valence-electron chi connectivity index (χ0n) is 22.9. The van der Waals surface area contributed by atoms with Crippen molar-refractivity contribution in [3.8, 4) is 5.88 Å². The lowest BCUT2D eigenvalue weighted by atomic mass is 10.00. The number of benzene rings is 3. The van der Waals surface area contributed by atoms with Crippen molar-refractivity contribution >= 4 is 39.9 Å². The standard InChI is InChI=1S/C32H32N4O5/c1-40-32(39)23-7-9-25-26(20-23)34-31(38)29(25)30(21-5-3-2-4-6-21)33-24-8-10-27-22(19-24)11-14-36(27)28(37)12-13-35-15-17-41-18-16-35/h2-10,19-20,34,38H,11-18H2,1H3. The highest BCUT2D eigenvalue weighted by atomic mass is 16.5. The number of methoxy groups -OCH3 is 1. The van der Waals surface area contributed by atoms with Gasteiger partial charge in [0.25, 0.3) is 0 Å². The van der Waals surface area contributed by atoms with Crippen molar-refractivity contribution in [3.05, 3.63) is 89.0 Å². The first-order chi connectivity index (χ1) is 20.0. The first-order valence-corrected chi connectivity index (χ1v) is 13.8. The molecule has 0 saturated carbocycles. The van der Waals surface area contributed by atoms with E-state index in [9.17, 15) is 14.7 Å². The number of aromatic nitrogens is 1. The number of anilines is 1. The lowest BCUT2D eigenvalue weighted by molar-refractivity contribution is -0.119. The Balaban J connectivity index is 1.32. The molecule has 0 aliphatic carbocycles. The summed E-state index contributed by atoms with van der Waals surface area (Å²) >= 11 is 0. The second-order valence-corrected chi connectivity index (χ2v) is 10.2. The van der Waals surface area contributed by atoms with E-state index in [0.717, 1.165) is 67.2 Å². The Kier molecular flexibility index (Phi) is 7.54. The number of rotatable bonds is 7. The summed E-state index contributed by atoms with van der Waals surface area (Å²) in [6.45, 7) is 4.58. The summed E-state index contributed by atoms with van der Waals surface area (Å²) in [4.78, 5) is 37.3. The molecule has 0 unspecified atom stereocenters. The molecule has 41 heavy (non-hydrogen) atoms. The van der Waals surface area contributed by atoms with Gasteiger partial charge in [-0.1, -0.05) is 36.4 Å². The molecule has 2 aliphatic heterocycles. The molecular weight excluding hydrogens is 520 g/mol. The van der Waals surface area contributed by atoms with Gasteiger partial charge in [-0.3, -0.25) is 9.69 Å². The number of nitrogens with zero attached hydrogens (tertiary/aromatic N) is 3. The topological polar surface area (TPSA) is 107 Å². The van der Waals surface area contributed by atoms with Crippen molar-refractivity contribution in [1.82, 2.24) is 9.88 Å². The van der Waals surface area contributed by atoms with E-state index >= 15 is 0 Å². The van der Waals surface area contributed by atoms with Crippen LogP contribution in [0.5, 0.6) is 5.88 Å². The van der Waals surface area contributed by atoms with Crippen LogP contribution >= 0.6 is 0 Å². The maximum absolute atomic E-state index is 13.1. The number of carbonyl (C=O) groups is 2. The second kappa shape index (κ2) is 11.6. The quantitative estimate of drug-likeness (QED) is 0.259. The van der Waals surface area contributed by atoms with Crippen LogP contribution in [0.15, 0.2) is 71.7 Å². The fraction of sp³-hybridized carbons (Fsp3) is 0.281. The third kappa shape index (κ3) is 5.46. The summed E-state index contributed by atoms with van der Waals surface area (Å²) in [5, 5.41) is 11.8.